The first-order chi connectivity index (χ1) is 7.58. The Balaban J connectivity index is 4.80. The van der Waals surface area contributed by atoms with E-state index >= 15 is 0 Å². The van der Waals surface area contributed by atoms with Crippen molar-refractivity contribution in [3.05, 3.63) is 37.5 Å². The van der Waals surface area contributed by atoms with Crippen molar-refractivity contribution in [2.45, 2.75) is 25.8 Å². The molecule has 1 amide bonds. The second kappa shape index (κ2) is 7.88. The zero-order valence-corrected chi connectivity index (χ0v) is 10.1. The standard InChI is InChI=1S/C13H22N2O/c1-5-8-12(11(4)13(14)16)15(9-6-2)10-7-3/h6-7,12H,2-5,8-10H2,1H3,(H2,14,16). The largest absolute Gasteiger partial charge is 0.366 e. The Bertz CT molecular complexity index is 261. The summed E-state index contributed by atoms with van der Waals surface area (Å²) in [5, 5.41) is 0. The maximum Gasteiger partial charge on any atom is 0.245 e. The van der Waals surface area contributed by atoms with Crippen LogP contribution in [0, 0.1) is 0 Å². The van der Waals surface area contributed by atoms with Gasteiger partial charge < -0.3 is 5.73 Å². The third-order valence-electron chi connectivity index (χ3n) is 2.45. The topological polar surface area (TPSA) is 46.3 Å². The van der Waals surface area contributed by atoms with E-state index in [4.69, 9.17) is 5.73 Å². The molecule has 90 valence electrons. The number of carbonyl (C=O) groups excluding carboxylic acids is 1. The van der Waals surface area contributed by atoms with Gasteiger partial charge in [-0.25, -0.2) is 0 Å². The van der Waals surface area contributed by atoms with Crippen LogP contribution >= 0.6 is 0 Å². The Morgan fingerprint density at radius 2 is 1.88 bits per heavy atom. The number of carbonyl (C=O) groups is 1. The molecule has 0 aromatic heterocycles. The molecule has 0 spiro atoms. The smallest absolute Gasteiger partial charge is 0.245 e. The molecule has 1 unspecified atom stereocenters. The van der Waals surface area contributed by atoms with E-state index in [2.05, 4.69) is 31.6 Å². The monoisotopic (exact) mass is 222 g/mol. The van der Waals surface area contributed by atoms with Crippen molar-refractivity contribution in [3.63, 3.8) is 0 Å². The Morgan fingerprint density at radius 3 is 2.19 bits per heavy atom. The lowest BCUT2D eigenvalue weighted by molar-refractivity contribution is -0.115. The van der Waals surface area contributed by atoms with E-state index in [9.17, 15) is 4.79 Å². The van der Waals surface area contributed by atoms with Gasteiger partial charge in [0.15, 0.2) is 0 Å². The Labute approximate surface area is 98.3 Å². The van der Waals surface area contributed by atoms with Crippen LogP contribution in [0.3, 0.4) is 0 Å². The van der Waals surface area contributed by atoms with E-state index in [0.717, 1.165) is 12.8 Å². The first kappa shape index (κ1) is 14.6. The molecule has 0 aromatic carbocycles. The Morgan fingerprint density at radius 1 is 1.38 bits per heavy atom. The van der Waals surface area contributed by atoms with Crippen LogP contribution in [0.2, 0.25) is 0 Å². The van der Waals surface area contributed by atoms with Crippen molar-refractivity contribution in [1.29, 1.82) is 0 Å². The molecule has 1 atom stereocenters. The van der Waals surface area contributed by atoms with Crippen LogP contribution in [0.1, 0.15) is 19.8 Å². The minimum absolute atomic E-state index is 0.0153. The van der Waals surface area contributed by atoms with Crippen LogP contribution < -0.4 is 5.73 Å². The molecule has 0 radical (unpaired) electrons. The van der Waals surface area contributed by atoms with Gasteiger partial charge in [-0.3, -0.25) is 9.69 Å². The van der Waals surface area contributed by atoms with E-state index < -0.39 is 5.91 Å². The molecule has 3 heteroatoms. The van der Waals surface area contributed by atoms with Gasteiger partial charge in [0.05, 0.1) is 0 Å². The average Bonchev–Trinajstić information content (AvgIpc) is 2.24. The first-order valence-electron chi connectivity index (χ1n) is 5.52. The molecule has 0 saturated heterocycles. The summed E-state index contributed by atoms with van der Waals surface area (Å²) in [6.45, 7) is 14.7. The molecule has 0 saturated carbocycles. The number of hydrogen-bond donors (Lipinski definition) is 1. The van der Waals surface area contributed by atoms with Crippen LogP contribution in [0.25, 0.3) is 0 Å². The van der Waals surface area contributed by atoms with Gasteiger partial charge in [-0.15, -0.1) is 13.2 Å². The SMILES string of the molecule is C=CCN(CC=C)C(CCC)C(=C)C(N)=O. The van der Waals surface area contributed by atoms with Gasteiger partial charge in [0, 0.05) is 24.7 Å². The third kappa shape index (κ3) is 4.45. The van der Waals surface area contributed by atoms with Crippen LogP contribution in [0.15, 0.2) is 37.5 Å². The summed E-state index contributed by atoms with van der Waals surface area (Å²) in [4.78, 5) is 13.3. The molecule has 0 fully saturated rings. The molecule has 3 nitrogen and oxygen atoms in total. The maximum atomic E-state index is 11.2. The highest BCUT2D eigenvalue weighted by atomic mass is 16.1. The lowest BCUT2D eigenvalue weighted by Crippen LogP contribution is -2.40. The fraction of sp³-hybridized carbons (Fsp3) is 0.462. The van der Waals surface area contributed by atoms with Crippen LogP contribution in [0.5, 0.6) is 0 Å². The normalized spacial score (nSPS) is 12.1. The van der Waals surface area contributed by atoms with Gasteiger partial charge in [0.25, 0.3) is 0 Å². The zero-order valence-electron chi connectivity index (χ0n) is 10.1. The lowest BCUT2D eigenvalue weighted by Gasteiger charge is -2.30. The van der Waals surface area contributed by atoms with E-state index in [1.165, 1.54) is 0 Å². The summed E-state index contributed by atoms with van der Waals surface area (Å²) in [5.41, 5.74) is 5.74. The lowest BCUT2D eigenvalue weighted by atomic mass is 10.0. The number of primary amides is 1. The molecule has 16 heavy (non-hydrogen) atoms. The van der Waals surface area contributed by atoms with Gasteiger partial charge in [-0.2, -0.15) is 0 Å². The van der Waals surface area contributed by atoms with Gasteiger partial charge in [0.1, 0.15) is 0 Å². The predicted octanol–water partition coefficient (Wildman–Crippen LogP) is 1.87. The van der Waals surface area contributed by atoms with Crippen LogP contribution in [0.4, 0.5) is 0 Å². The molecule has 0 bridgehead atoms. The van der Waals surface area contributed by atoms with Crippen LogP contribution in [-0.4, -0.2) is 29.9 Å². The number of rotatable bonds is 9. The van der Waals surface area contributed by atoms with E-state index in [1.807, 2.05) is 0 Å². The summed E-state index contributed by atoms with van der Waals surface area (Å²) in [7, 11) is 0. The highest BCUT2D eigenvalue weighted by Gasteiger charge is 2.21. The van der Waals surface area contributed by atoms with Crippen molar-refractivity contribution in [2.75, 3.05) is 13.1 Å². The van der Waals surface area contributed by atoms with Crippen molar-refractivity contribution in [3.8, 4) is 0 Å². The Hall–Kier alpha value is -1.35. The number of hydrogen-bond acceptors (Lipinski definition) is 2. The molecule has 0 aliphatic heterocycles. The number of nitrogens with two attached hydrogens (primary N) is 1. The molecule has 0 heterocycles. The fourth-order valence-electron chi connectivity index (χ4n) is 1.68. The zero-order chi connectivity index (χ0) is 12.6. The van der Waals surface area contributed by atoms with Crippen molar-refractivity contribution in [2.24, 2.45) is 5.73 Å². The highest BCUT2D eigenvalue weighted by Crippen LogP contribution is 2.15. The summed E-state index contributed by atoms with van der Waals surface area (Å²) in [5.74, 6) is -0.434. The third-order valence-corrected chi connectivity index (χ3v) is 2.45. The molecule has 0 aliphatic rings. The van der Waals surface area contributed by atoms with Gasteiger partial charge in [0.2, 0.25) is 5.91 Å². The van der Waals surface area contributed by atoms with Crippen LogP contribution in [-0.2, 0) is 4.79 Å². The predicted molar refractivity (Wildman–Crippen MR) is 69.0 cm³/mol. The second-order valence-corrected chi connectivity index (χ2v) is 3.73. The highest BCUT2D eigenvalue weighted by molar-refractivity contribution is 5.92. The van der Waals surface area contributed by atoms with E-state index in [1.54, 1.807) is 12.2 Å². The molecule has 2 N–H and O–H groups in total. The van der Waals surface area contributed by atoms with E-state index in [-0.39, 0.29) is 6.04 Å². The maximum absolute atomic E-state index is 11.2. The summed E-state index contributed by atoms with van der Waals surface area (Å²) in [6, 6.07) is -0.0153. The van der Waals surface area contributed by atoms with Gasteiger partial charge >= 0.3 is 0 Å². The molecule has 0 rings (SSSR count). The van der Waals surface area contributed by atoms with Crippen molar-refractivity contribution in [1.82, 2.24) is 4.90 Å². The minimum atomic E-state index is -0.434. The number of nitrogens with zero attached hydrogens (tertiary/aromatic N) is 1. The van der Waals surface area contributed by atoms with Gasteiger partial charge in [-0.05, 0) is 6.42 Å². The molecule has 0 aromatic rings. The fourth-order valence-corrected chi connectivity index (χ4v) is 1.68. The quantitative estimate of drug-likeness (QED) is 0.478. The van der Waals surface area contributed by atoms with E-state index in [0.29, 0.717) is 18.7 Å². The van der Waals surface area contributed by atoms with Gasteiger partial charge in [-0.1, -0.05) is 32.1 Å². The molecular weight excluding hydrogens is 200 g/mol. The second-order valence-electron chi connectivity index (χ2n) is 3.73. The summed E-state index contributed by atoms with van der Waals surface area (Å²) >= 11 is 0. The average molecular weight is 222 g/mol. The minimum Gasteiger partial charge on any atom is -0.366 e. The molecular formula is C13H22N2O. The van der Waals surface area contributed by atoms with Crippen molar-refractivity contribution >= 4 is 5.91 Å². The first-order valence-corrected chi connectivity index (χ1v) is 5.52. The molecule has 0 aliphatic carbocycles. The summed E-state index contributed by atoms with van der Waals surface area (Å²) in [6.07, 6.45) is 5.45. The summed E-state index contributed by atoms with van der Waals surface area (Å²) < 4.78 is 0. The number of amides is 1. The Kier molecular flexibility index (Phi) is 7.21. The van der Waals surface area contributed by atoms with Crippen molar-refractivity contribution < 1.29 is 4.79 Å².